The Morgan fingerprint density at radius 3 is 2.21 bits per heavy atom. The molecule has 0 amide bonds. The number of aromatic nitrogens is 3. The molecular formula is C35H26F3N3O. The van der Waals surface area contributed by atoms with Crippen molar-refractivity contribution in [3.05, 3.63) is 114 Å². The molecule has 0 atom stereocenters. The van der Waals surface area contributed by atoms with Crippen molar-refractivity contribution in [3.8, 4) is 28.2 Å². The Hall–Kier alpha value is -4.91. The van der Waals surface area contributed by atoms with E-state index in [-0.39, 0.29) is 11.1 Å². The van der Waals surface area contributed by atoms with Gasteiger partial charge in [0, 0.05) is 16.3 Å². The number of nitrogens with zero attached hydrogens (tertiary/aromatic N) is 3. The standard InChI is InChI=1S/C35H26F3N3O/c1-34(2,3)22-16-18-28(26(20-22)21-10-5-4-6-11-21)41-29-15-8-7-14-27(29)39-32(41)25-13-9-12-23-24-17-19-30(35(36,37)38)40-33(24)42-31(23)25/h4-20H,1-3H3. The molecule has 4 aromatic carbocycles. The van der Waals surface area contributed by atoms with Gasteiger partial charge in [-0.15, -0.1) is 0 Å². The molecule has 0 N–H and O–H groups in total. The van der Waals surface area contributed by atoms with Crippen LogP contribution in [0.5, 0.6) is 0 Å². The van der Waals surface area contributed by atoms with Crippen LogP contribution in [-0.4, -0.2) is 14.5 Å². The van der Waals surface area contributed by atoms with E-state index in [1.54, 1.807) is 0 Å². The number of hydrogen-bond acceptors (Lipinski definition) is 3. The average Bonchev–Trinajstić information content (AvgIpc) is 3.54. The molecule has 208 valence electrons. The van der Waals surface area contributed by atoms with Gasteiger partial charge in [-0.2, -0.15) is 13.2 Å². The Bertz CT molecular complexity index is 2120. The molecule has 0 bridgehead atoms. The molecule has 7 aromatic rings. The van der Waals surface area contributed by atoms with Crippen LogP contribution in [0.15, 0.2) is 108 Å². The summed E-state index contributed by atoms with van der Waals surface area (Å²) in [6.45, 7) is 6.57. The molecule has 0 aliphatic heterocycles. The molecule has 3 heterocycles. The van der Waals surface area contributed by atoms with Crippen molar-refractivity contribution in [1.29, 1.82) is 0 Å². The number of hydrogen-bond donors (Lipinski definition) is 0. The highest BCUT2D eigenvalue weighted by molar-refractivity contribution is 6.08. The molecule has 7 heteroatoms. The second kappa shape index (κ2) is 9.31. The third-order valence-electron chi connectivity index (χ3n) is 7.64. The SMILES string of the molecule is CC(C)(C)c1ccc(-n2c(-c3cccc4c3oc3nc(C(F)(F)F)ccc34)nc3ccccc32)c(-c2ccccc2)c1. The fourth-order valence-electron chi connectivity index (χ4n) is 5.51. The summed E-state index contributed by atoms with van der Waals surface area (Å²) in [7, 11) is 0. The van der Waals surface area contributed by atoms with Gasteiger partial charge in [0.15, 0.2) is 0 Å². The number of pyridine rings is 1. The summed E-state index contributed by atoms with van der Waals surface area (Å²) < 4.78 is 48.5. The molecule has 0 unspecified atom stereocenters. The van der Waals surface area contributed by atoms with Crippen LogP contribution in [-0.2, 0) is 11.6 Å². The average molecular weight is 562 g/mol. The van der Waals surface area contributed by atoms with Gasteiger partial charge < -0.3 is 4.42 Å². The van der Waals surface area contributed by atoms with Crippen LogP contribution in [0.2, 0.25) is 0 Å². The summed E-state index contributed by atoms with van der Waals surface area (Å²) in [5.74, 6) is 0.623. The number of fused-ring (bicyclic) bond motifs is 4. The summed E-state index contributed by atoms with van der Waals surface area (Å²) in [6, 6.07) is 32.6. The summed E-state index contributed by atoms with van der Waals surface area (Å²) in [5, 5.41) is 1.19. The summed E-state index contributed by atoms with van der Waals surface area (Å²) in [5.41, 5.74) is 5.90. The van der Waals surface area contributed by atoms with Gasteiger partial charge in [0.25, 0.3) is 0 Å². The molecular weight excluding hydrogens is 535 g/mol. The maximum absolute atomic E-state index is 13.4. The Morgan fingerprint density at radius 2 is 1.45 bits per heavy atom. The van der Waals surface area contributed by atoms with Crippen molar-refractivity contribution in [2.24, 2.45) is 0 Å². The topological polar surface area (TPSA) is 43.9 Å². The number of imidazole rings is 1. The van der Waals surface area contributed by atoms with E-state index < -0.39 is 11.9 Å². The Labute approximate surface area is 240 Å². The van der Waals surface area contributed by atoms with Gasteiger partial charge >= 0.3 is 6.18 Å². The zero-order valence-corrected chi connectivity index (χ0v) is 23.2. The number of alkyl halides is 3. The smallest absolute Gasteiger partial charge is 0.433 e. The predicted octanol–water partition coefficient (Wildman–Crippen LogP) is 9.97. The lowest BCUT2D eigenvalue weighted by Crippen LogP contribution is -2.12. The molecule has 3 aromatic heterocycles. The van der Waals surface area contributed by atoms with Crippen LogP contribution in [0.4, 0.5) is 13.2 Å². The van der Waals surface area contributed by atoms with Crippen molar-refractivity contribution in [2.75, 3.05) is 0 Å². The fraction of sp³-hybridized carbons (Fsp3) is 0.143. The third kappa shape index (κ3) is 4.24. The van der Waals surface area contributed by atoms with Crippen molar-refractivity contribution < 1.29 is 17.6 Å². The predicted molar refractivity (Wildman–Crippen MR) is 161 cm³/mol. The molecule has 0 aliphatic rings. The van der Waals surface area contributed by atoms with E-state index in [1.165, 1.54) is 11.6 Å². The quantitative estimate of drug-likeness (QED) is 0.216. The van der Waals surface area contributed by atoms with Crippen molar-refractivity contribution in [2.45, 2.75) is 32.4 Å². The Morgan fingerprint density at radius 1 is 0.690 bits per heavy atom. The van der Waals surface area contributed by atoms with Gasteiger partial charge in [0.1, 0.15) is 17.1 Å². The number of furan rings is 1. The van der Waals surface area contributed by atoms with E-state index >= 15 is 0 Å². The van der Waals surface area contributed by atoms with Gasteiger partial charge in [-0.05, 0) is 59.0 Å². The molecule has 0 aliphatic carbocycles. The first kappa shape index (κ1) is 26.0. The van der Waals surface area contributed by atoms with Crippen LogP contribution < -0.4 is 0 Å². The first-order valence-corrected chi connectivity index (χ1v) is 13.7. The van der Waals surface area contributed by atoms with E-state index in [1.807, 2.05) is 60.7 Å². The zero-order valence-electron chi connectivity index (χ0n) is 23.2. The van der Waals surface area contributed by atoms with Gasteiger partial charge in [-0.1, -0.05) is 81.4 Å². The number of halogens is 3. The minimum absolute atomic E-state index is 0.0607. The lowest BCUT2D eigenvalue weighted by molar-refractivity contribution is -0.141. The van der Waals surface area contributed by atoms with Crippen LogP contribution in [0, 0.1) is 0 Å². The molecule has 42 heavy (non-hydrogen) atoms. The largest absolute Gasteiger partial charge is 0.437 e. The molecule has 0 radical (unpaired) electrons. The van der Waals surface area contributed by atoms with E-state index in [2.05, 4.69) is 60.7 Å². The second-order valence-electron chi connectivity index (χ2n) is 11.4. The summed E-state index contributed by atoms with van der Waals surface area (Å²) >= 11 is 0. The lowest BCUT2D eigenvalue weighted by atomic mass is 9.85. The fourth-order valence-corrected chi connectivity index (χ4v) is 5.51. The van der Waals surface area contributed by atoms with E-state index in [0.717, 1.165) is 33.9 Å². The Kier molecular flexibility index (Phi) is 5.77. The number of para-hydroxylation sites is 3. The minimum atomic E-state index is -4.57. The van der Waals surface area contributed by atoms with Crippen LogP contribution in [0.3, 0.4) is 0 Å². The first-order valence-electron chi connectivity index (χ1n) is 13.7. The number of rotatable bonds is 3. The Balaban J connectivity index is 1.54. The summed E-state index contributed by atoms with van der Waals surface area (Å²) in [4.78, 5) is 8.85. The van der Waals surface area contributed by atoms with Crippen LogP contribution in [0.25, 0.3) is 61.3 Å². The number of benzene rings is 4. The molecule has 7 rings (SSSR count). The van der Waals surface area contributed by atoms with E-state index in [0.29, 0.717) is 27.7 Å². The zero-order chi connectivity index (χ0) is 29.2. The highest BCUT2D eigenvalue weighted by Gasteiger charge is 2.33. The van der Waals surface area contributed by atoms with Gasteiger partial charge in [-0.3, -0.25) is 4.57 Å². The molecule has 0 saturated heterocycles. The summed E-state index contributed by atoms with van der Waals surface area (Å²) in [6.07, 6.45) is -4.57. The maximum atomic E-state index is 13.4. The second-order valence-corrected chi connectivity index (χ2v) is 11.4. The van der Waals surface area contributed by atoms with Crippen molar-refractivity contribution in [3.63, 3.8) is 0 Å². The van der Waals surface area contributed by atoms with Crippen LogP contribution in [0.1, 0.15) is 32.0 Å². The molecule has 0 spiro atoms. The van der Waals surface area contributed by atoms with Gasteiger partial charge in [-0.25, -0.2) is 9.97 Å². The highest BCUT2D eigenvalue weighted by atomic mass is 19.4. The van der Waals surface area contributed by atoms with Crippen LogP contribution >= 0.6 is 0 Å². The molecule has 4 nitrogen and oxygen atoms in total. The van der Waals surface area contributed by atoms with Gasteiger partial charge in [0.05, 0.1) is 22.3 Å². The minimum Gasteiger partial charge on any atom is -0.437 e. The van der Waals surface area contributed by atoms with E-state index in [9.17, 15) is 13.2 Å². The molecule has 0 fully saturated rings. The van der Waals surface area contributed by atoms with E-state index in [4.69, 9.17) is 9.40 Å². The molecule has 0 saturated carbocycles. The highest BCUT2D eigenvalue weighted by Crippen LogP contribution is 2.41. The maximum Gasteiger partial charge on any atom is 0.433 e. The van der Waals surface area contributed by atoms with Crippen molar-refractivity contribution in [1.82, 2.24) is 14.5 Å². The van der Waals surface area contributed by atoms with Crippen molar-refractivity contribution >= 4 is 33.1 Å². The normalized spacial score (nSPS) is 12.5. The van der Waals surface area contributed by atoms with Gasteiger partial charge in [0.2, 0.25) is 5.71 Å². The third-order valence-corrected chi connectivity index (χ3v) is 7.64. The first-order chi connectivity index (χ1) is 20.1. The lowest BCUT2D eigenvalue weighted by Gasteiger charge is -2.23. The monoisotopic (exact) mass is 561 g/mol.